The summed E-state index contributed by atoms with van der Waals surface area (Å²) in [5.74, 6) is 0.691. The summed E-state index contributed by atoms with van der Waals surface area (Å²) >= 11 is 0. The molecular formula is C20H25N5O2. The molecule has 0 unspecified atom stereocenters. The molecule has 1 aromatic rings. The molecule has 4 rings (SSSR count). The summed E-state index contributed by atoms with van der Waals surface area (Å²) in [6, 6.07) is 0.441. The number of allylic oxidation sites excluding steroid dienone is 1. The molecule has 0 radical (unpaired) electrons. The maximum Gasteiger partial charge on any atom is 0.253 e. The molecule has 3 aliphatic rings. The summed E-state index contributed by atoms with van der Waals surface area (Å²) in [5, 5.41) is 2.93. The van der Waals surface area contributed by atoms with Gasteiger partial charge in [-0.25, -0.2) is 4.98 Å². The molecule has 142 valence electrons. The summed E-state index contributed by atoms with van der Waals surface area (Å²) < 4.78 is 0. The van der Waals surface area contributed by atoms with Crippen LogP contribution >= 0.6 is 0 Å². The molecule has 7 heteroatoms. The Labute approximate surface area is 159 Å². The van der Waals surface area contributed by atoms with Gasteiger partial charge in [-0.2, -0.15) is 0 Å². The molecule has 1 aromatic heterocycles. The first-order valence-electron chi connectivity index (χ1n) is 9.55. The van der Waals surface area contributed by atoms with Crippen LogP contribution in [0, 0.1) is 0 Å². The molecule has 2 atom stereocenters. The number of nitrogens with zero attached hydrogens (tertiary/aromatic N) is 4. The van der Waals surface area contributed by atoms with Gasteiger partial charge in [0.15, 0.2) is 0 Å². The maximum atomic E-state index is 12.5. The second-order valence-corrected chi connectivity index (χ2v) is 7.71. The van der Waals surface area contributed by atoms with Crippen molar-refractivity contribution in [2.75, 3.05) is 18.0 Å². The molecule has 7 nitrogen and oxygen atoms in total. The Balaban J connectivity index is 1.56. The number of hydrogen-bond donors (Lipinski definition) is 1. The molecule has 1 aliphatic carbocycles. The average Bonchev–Trinajstić information content (AvgIpc) is 3.18. The van der Waals surface area contributed by atoms with Crippen molar-refractivity contribution in [1.82, 2.24) is 20.2 Å². The molecule has 27 heavy (non-hydrogen) atoms. The van der Waals surface area contributed by atoms with E-state index in [9.17, 15) is 9.59 Å². The van der Waals surface area contributed by atoms with Crippen molar-refractivity contribution in [3.05, 3.63) is 36.3 Å². The van der Waals surface area contributed by atoms with E-state index in [0.717, 1.165) is 37.4 Å². The van der Waals surface area contributed by atoms with Crippen LogP contribution in [0.4, 0.5) is 5.82 Å². The maximum absolute atomic E-state index is 12.5. The van der Waals surface area contributed by atoms with Gasteiger partial charge in [-0.15, -0.1) is 0 Å². The Morgan fingerprint density at radius 2 is 2.00 bits per heavy atom. The molecule has 2 aliphatic heterocycles. The number of fused-ring (bicyclic) bond motifs is 3. The van der Waals surface area contributed by atoms with Gasteiger partial charge in [-0.3, -0.25) is 14.6 Å². The van der Waals surface area contributed by atoms with Crippen LogP contribution in [0.3, 0.4) is 0 Å². The Bertz CT molecular complexity index is 818. The highest BCUT2D eigenvalue weighted by Gasteiger charge is 2.42. The van der Waals surface area contributed by atoms with Gasteiger partial charge in [-0.1, -0.05) is 12.7 Å². The minimum atomic E-state index is -0.100. The van der Waals surface area contributed by atoms with E-state index in [1.807, 2.05) is 24.8 Å². The number of anilines is 1. The van der Waals surface area contributed by atoms with Crippen LogP contribution < -0.4 is 10.2 Å². The van der Waals surface area contributed by atoms with Crippen LogP contribution in [-0.2, 0) is 16.0 Å². The van der Waals surface area contributed by atoms with Crippen LogP contribution in [-0.4, -0.2) is 57.9 Å². The van der Waals surface area contributed by atoms with E-state index in [2.05, 4.69) is 21.8 Å². The van der Waals surface area contributed by atoms with Crippen molar-refractivity contribution >= 4 is 23.2 Å². The molecule has 2 amide bonds. The second-order valence-electron chi connectivity index (χ2n) is 7.71. The van der Waals surface area contributed by atoms with Crippen LogP contribution in [0.15, 0.2) is 24.9 Å². The summed E-state index contributed by atoms with van der Waals surface area (Å²) in [6.45, 7) is 8.98. The highest BCUT2D eigenvalue weighted by molar-refractivity contribution is 6.20. The van der Waals surface area contributed by atoms with Crippen molar-refractivity contribution in [1.29, 1.82) is 0 Å². The van der Waals surface area contributed by atoms with Gasteiger partial charge in [0, 0.05) is 37.6 Å². The van der Waals surface area contributed by atoms with Gasteiger partial charge >= 0.3 is 0 Å². The van der Waals surface area contributed by atoms with Crippen LogP contribution in [0.1, 0.15) is 38.1 Å². The zero-order chi connectivity index (χ0) is 19.1. The number of amides is 2. The topological polar surface area (TPSA) is 78.4 Å². The van der Waals surface area contributed by atoms with Crippen molar-refractivity contribution < 1.29 is 9.59 Å². The number of hydrogen-bond acceptors (Lipinski definition) is 5. The molecule has 0 spiro atoms. The predicted molar refractivity (Wildman–Crippen MR) is 103 cm³/mol. The number of aromatic nitrogens is 2. The first kappa shape index (κ1) is 17.7. The van der Waals surface area contributed by atoms with Gasteiger partial charge < -0.3 is 15.1 Å². The number of nitrogens with one attached hydrogen (secondary N) is 1. The minimum absolute atomic E-state index is 0.0118. The van der Waals surface area contributed by atoms with Crippen molar-refractivity contribution in [3.8, 4) is 0 Å². The van der Waals surface area contributed by atoms with Crippen LogP contribution in [0.25, 0.3) is 5.57 Å². The van der Waals surface area contributed by atoms with Gasteiger partial charge in [0.1, 0.15) is 5.82 Å². The van der Waals surface area contributed by atoms with Gasteiger partial charge in [-0.05, 0) is 32.8 Å². The van der Waals surface area contributed by atoms with Crippen LogP contribution in [0.2, 0.25) is 0 Å². The lowest BCUT2D eigenvalue weighted by molar-refractivity contribution is -0.129. The van der Waals surface area contributed by atoms with Crippen molar-refractivity contribution in [2.24, 2.45) is 0 Å². The number of carbonyl (C=O) groups is 2. The quantitative estimate of drug-likeness (QED) is 0.812. The number of piperazine rings is 1. The molecule has 0 aromatic carbocycles. The Hall–Kier alpha value is -2.70. The highest BCUT2D eigenvalue weighted by atomic mass is 16.2. The second kappa shape index (κ2) is 6.79. The van der Waals surface area contributed by atoms with E-state index < -0.39 is 0 Å². The Morgan fingerprint density at radius 1 is 1.30 bits per heavy atom. The molecular weight excluding hydrogens is 342 g/mol. The lowest BCUT2D eigenvalue weighted by Gasteiger charge is -2.41. The normalized spacial score (nSPS) is 23.3. The third-order valence-electron chi connectivity index (χ3n) is 5.49. The van der Waals surface area contributed by atoms with Gasteiger partial charge in [0.05, 0.1) is 23.2 Å². The van der Waals surface area contributed by atoms with Gasteiger partial charge in [0.2, 0.25) is 5.91 Å². The lowest BCUT2D eigenvalue weighted by atomic mass is 10.1. The fourth-order valence-corrected chi connectivity index (χ4v) is 4.31. The number of carbonyl (C=O) groups excluding carboxylic acids is 2. The van der Waals surface area contributed by atoms with E-state index in [-0.39, 0.29) is 29.9 Å². The molecule has 2 saturated heterocycles. The standard InChI is InChI=1S/C20H25N5O2/c1-4-18(26)25-13-5-6-14(25)11-24(10-13)17-9-21-16-8-7-15(19(16)23-17)20(27)22-12(2)3/h4,7,9,12-14H,1,5-6,8,10-11H2,2-3H3,(H,22,27)/t13-,14+. The third kappa shape index (κ3) is 3.11. The first-order chi connectivity index (χ1) is 13.0. The summed E-state index contributed by atoms with van der Waals surface area (Å²) in [6.07, 6.45) is 7.73. The number of rotatable bonds is 4. The van der Waals surface area contributed by atoms with Crippen molar-refractivity contribution in [3.63, 3.8) is 0 Å². The monoisotopic (exact) mass is 367 g/mol. The molecule has 0 saturated carbocycles. The average molecular weight is 367 g/mol. The SMILES string of the molecule is C=CC(=O)N1[C@@H]2CC[C@H]1CN(c1cnc3c(n1)C(C(=O)NC(C)C)=CC3)C2. The highest BCUT2D eigenvalue weighted by Crippen LogP contribution is 2.33. The van der Waals surface area contributed by atoms with E-state index >= 15 is 0 Å². The fraction of sp³-hybridized carbons (Fsp3) is 0.500. The zero-order valence-corrected chi connectivity index (χ0v) is 15.8. The summed E-state index contributed by atoms with van der Waals surface area (Å²) in [5.41, 5.74) is 2.13. The van der Waals surface area contributed by atoms with Crippen LogP contribution in [0.5, 0.6) is 0 Å². The first-order valence-corrected chi connectivity index (χ1v) is 9.55. The predicted octanol–water partition coefficient (Wildman–Crippen LogP) is 1.31. The van der Waals surface area contributed by atoms with E-state index in [4.69, 9.17) is 4.98 Å². The van der Waals surface area contributed by atoms with E-state index in [1.54, 1.807) is 6.20 Å². The third-order valence-corrected chi connectivity index (χ3v) is 5.49. The summed E-state index contributed by atoms with van der Waals surface area (Å²) in [7, 11) is 0. The molecule has 2 fully saturated rings. The van der Waals surface area contributed by atoms with Gasteiger partial charge in [0.25, 0.3) is 5.91 Å². The van der Waals surface area contributed by atoms with E-state index in [0.29, 0.717) is 17.7 Å². The Kier molecular flexibility index (Phi) is 4.45. The summed E-state index contributed by atoms with van der Waals surface area (Å²) in [4.78, 5) is 38.1. The molecule has 3 heterocycles. The lowest BCUT2D eigenvalue weighted by Crippen LogP contribution is -2.55. The largest absolute Gasteiger partial charge is 0.351 e. The Morgan fingerprint density at radius 3 is 2.63 bits per heavy atom. The van der Waals surface area contributed by atoms with E-state index in [1.165, 1.54) is 6.08 Å². The molecule has 2 bridgehead atoms. The molecule has 1 N–H and O–H groups in total. The van der Waals surface area contributed by atoms with Crippen molar-refractivity contribution in [2.45, 2.75) is 51.2 Å². The zero-order valence-electron chi connectivity index (χ0n) is 15.8. The smallest absolute Gasteiger partial charge is 0.253 e. The fourth-order valence-electron chi connectivity index (χ4n) is 4.31. The minimum Gasteiger partial charge on any atom is -0.351 e.